The van der Waals surface area contributed by atoms with Crippen molar-refractivity contribution in [3.63, 3.8) is 0 Å². The lowest BCUT2D eigenvalue weighted by atomic mass is 10.2. The molecule has 0 aromatic heterocycles. The second-order valence-electron chi connectivity index (χ2n) is 6.05. The largest absolute Gasteiger partial charge is 0.480 e. The number of ether oxygens (including phenoxy) is 1. The molecule has 26 heavy (non-hydrogen) atoms. The van der Waals surface area contributed by atoms with Gasteiger partial charge in [-0.25, -0.2) is 8.42 Å². The van der Waals surface area contributed by atoms with Crippen LogP contribution in [0.15, 0.2) is 48.5 Å². The molecule has 2 rings (SSSR count). The van der Waals surface area contributed by atoms with E-state index in [1.807, 2.05) is 38.1 Å². The van der Waals surface area contributed by atoms with Crippen LogP contribution in [0.1, 0.15) is 18.9 Å². The first-order valence-corrected chi connectivity index (χ1v) is 10.1. The molecule has 140 valence electrons. The molecule has 0 unspecified atom stereocenters. The van der Waals surface area contributed by atoms with E-state index in [0.29, 0.717) is 23.5 Å². The lowest BCUT2D eigenvalue weighted by Crippen LogP contribution is -2.32. The number of sulfonamides is 1. The van der Waals surface area contributed by atoms with E-state index in [1.54, 1.807) is 24.3 Å². The quantitative estimate of drug-likeness (QED) is 0.805. The van der Waals surface area contributed by atoms with Gasteiger partial charge < -0.3 is 10.1 Å². The Kier molecular flexibility index (Phi) is 6.26. The van der Waals surface area contributed by atoms with E-state index in [4.69, 9.17) is 4.74 Å². The summed E-state index contributed by atoms with van der Waals surface area (Å²) in [4.78, 5) is 12.6. The number of aryl methyl sites for hydroxylation is 1. The highest BCUT2D eigenvalue weighted by Gasteiger charge is 2.20. The van der Waals surface area contributed by atoms with Gasteiger partial charge in [-0.05, 0) is 43.2 Å². The number of hydrogen-bond donors (Lipinski definition) is 1. The molecule has 7 heteroatoms. The number of hydrogen-bond acceptors (Lipinski definition) is 4. The van der Waals surface area contributed by atoms with Crippen LogP contribution in [0.4, 0.5) is 11.4 Å². The Balaban J connectivity index is 2.14. The average molecular weight is 376 g/mol. The molecule has 0 saturated carbocycles. The van der Waals surface area contributed by atoms with Crippen molar-refractivity contribution in [2.75, 3.05) is 22.9 Å². The molecular formula is C19H24N2O4S. The molecule has 6 nitrogen and oxygen atoms in total. The smallest absolute Gasteiger partial charge is 0.265 e. The summed E-state index contributed by atoms with van der Waals surface area (Å²) < 4.78 is 30.3. The number of nitrogens with zero attached hydrogens (tertiary/aromatic N) is 1. The van der Waals surface area contributed by atoms with E-state index in [2.05, 4.69) is 5.32 Å². The van der Waals surface area contributed by atoms with E-state index >= 15 is 0 Å². The van der Waals surface area contributed by atoms with Gasteiger partial charge in [0.15, 0.2) is 6.10 Å². The van der Waals surface area contributed by atoms with Gasteiger partial charge in [-0.15, -0.1) is 0 Å². The normalized spacial score (nSPS) is 12.3. The van der Waals surface area contributed by atoms with E-state index in [-0.39, 0.29) is 5.91 Å². The number of carbonyl (C=O) groups excluding carboxylic acids is 1. The molecule has 2 aromatic carbocycles. The van der Waals surface area contributed by atoms with Gasteiger partial charge in [0.25, 0.3) is 5.91 Å². The molecule has 0 radical (unpaired) electrons. The Morgan fingerprint density at radius 3 is 2.50 bits per heavy atom. The SMILES string of the molecule is CC[C@H](Oc1ccccc1C)C(=O)Nc1cccc(N(C)S(C)(=O)=O)c1. The van der Waals surface area contributed by atoms with Crippen LogP contribution in [0, 0.1) is 6.92 Å². The minimum Gasteiger partial charge on any atom is -0.480 e. The van der Waals surface area contributed by atoms with Gasteiger partial charge >= 0.3 is 0 Å². The fraction of sp³-hybridized carbons (Fsp3) is 0.316. The van der Waals surface area contributed by atoms with Crippen LogP contribution in [0.25, 0.3) is 0 Å². The Bertz CT molecular complexity index is 881. The van der Waals surface area contributed by atoms with Gasteiger partial charge in [-0.2, -0.15) is 0 Å². The molecule has 1 amide bonds. The molecule has 0 saturated heterocycles. The zero-order chi connectivity index (χ0) is 19.3. The minimum atomic E-state index is -3.37. The maximum Gasteiger partial charge on any atom is 0.265 e. The fourth-order valence-electron chi connectivity index (χ4n) is 2.36. The lowest BCUT2D eigenvalue weighted by Gasteiger charge is -2.20. The minimum absolute atomic E-state index is 0.282. The summed E-state index contributed by atoms with van der Waals surface area (Å²) in [5.41, 5.74) is 1.93. The molecular weight excluding hydrogens is 352 g/mol. The van der Waals surface area contributed by atoms with Crippen LogP contribution in [0.5, 0.6) is 5.75 Å². The zero-order valence-corrected chi connectivity index (χ0v) is 16.2. The summed E-state index contributed by atoms with van der Waals surface area (Å²) in [5.74, 6) is 0.384. The number of carbonyl (C=O) groups is 1. The molecule has 0 fully saturated rings. The standard InChI is InChI=1S/C19H24N2O4S/c1-5-17(25-18-12-7-6-9-14(18)2)19(22)20-15-10-8-11-16(13-15)21(3)26(4,23)24/h6-13,17H,5H2,1-4H3,(H,20,22)/t17-/m0/s1. The Morgan fingerprint density at radius 1 is 1.19 bits per heavy atom. The molecule has 0 spiro atoms. The highest BCUT2D eigenvalue weighted by Crippen LogP contribution is 2.22. The highest BCUT2D eigenvalue weighted by molar-refractivity contribution is 7.92. The van der Waals surface area contributed by atoms with Crippen molar-refractivity contribution in [2.45, 2.75) is 26.4 Å². The summed E-state index contributed by atoms with van der Waals surface area (Å²) in [6.45, 7) is 3.79. The molecule has 1 N–H and O–H groups in total. The average Bonchev–Trinajstić information content (AvgIpc) is 2.59. The number of benzene rings is 2. The van der Waals surface area contributed by atoms with Crippen LogP contribution in [-0.4, -0.2) is 33.7 Å². The van der Waals surface area contributed by atoms with Gasteiger partial charge in [0.2, 0.25) is 10.0 Å². The van der Waals surface area contributed by atoms with Crippen LogP contribution in [0.2, 0.25) is 0 Å². The Labute approximate surface area is 154 Å². The number of amides is 1. The topological polar surface area (TPSA) is 75.7 Å². The van der Waals surface area contributed by atoms with Crippen LogP contribution in [0.3, 0.4) is 0 Å². The summed E-state index contributed by atoms with van der Waals surface area (Å²) in [5, 5.41) is 2.79. The molecule has 0 aliphatic heterocycles. The maximum atomic E-state index is 12.6. The monoisotopic (exact) mass is 376 g/mol. The van der Waals surface area contributed by atoms with Crippen LogP contribution < -0.4 is 14.4 Å². The van der Waals surface area contributed by atoms with Crippen molar-refractivity contribution in [2.24, 2.45) is 0 Å². The maximum absolute atomic E-state index is 12.6. The Hall–Kier alpha value is -2.54. The van der Waals surface area contributed by atoms with Gasteiger partial charge in [-0.1, -0.05) is 31.2 Å². The summed E-state index contributed by atoms with van der Waals surface area (Å²) in [6.07, 6.45) is 0.984. The van der Waals surface area contributed by atoms with Crippen molar-refractivity contribution in [3.8, 4) is 5.75 Å². The number of rotatable bonds is 7. The first-order chi connectivity index (χ1) is 12.2. The zero-order valence-electron chi connectivity index (χ0n) is 15.4. The van der Waals surface area contributed by atoms with Gasteiger partial charge in [0.1, 0.15) is 5.75 Å². The van der Waals surface area contributed by atoms with Crippen molar-refractivity contribution >= 4 is 27.3 Å². The number of nitrogens with one attached hydrogen (secondary N) is 1. The van der Waals surface area contributed by atoms with Crippen LogP contribution >= 0.6 is 0 Å². The predicted molar refractivity (Wildman–Crippen MR) is 104 cm³/mol. The second kappa shape index (κ2) is 8.23. The summed E-state index contributed by atoms with van der Waals surface area (Å²) in [7, 11) is -1.91. The molecule has 0 bridgehead atoms. The van der Waals surface area contributed by atoms with Gasteiger partial charge in [0, 0.05) is 12.7 Å². The van der Waals surface area contributed by atoms with E-state index in [0.717, 1.165) is 16.1 Å². The number of anilines is 2. The van der Waals surface area contributed by atoms with E-state index in [9.17, 15) is 13.2 Å². The van der Waals surface area contributed by atoms with E-state index < -0.39 is 16.1 Å². The molecule has 0 aliphatic rings. The number of para-hydroxylation sites is 1. The molecule has 2 aromatic rings. The highest BCUT2D eigenvalue weighted by atomic mass is 32.2. The lowest BCUT2D eigenvalue weighted by molar-refractivity contribution is -0.122. The fourth-order valence-corrected chi connectivity index (χ4v) is 2.85. The molecule has 0 heterocycles. The predicted octanol–water partition coefficient (Wildman–Crippen LogP) is 3.19. The third-order valence-corrected chi connectivity index (χ3v) is 5.21. The van der Waals surface area contributed by atoms with E-state index in [1.165, 1.54) is 7.05 Å². The van der Waals surface area contributed by atoms with Crippen molar-refractivity contribution in [1.82, 2.24) is 0 Å². The van der Waals surface area contributed by atoms with Crippen LogP contribution in [-0.2, 0) is 14.8 Å². The van der Waals surface area contributed by atoms with Crippen molar-refractivity contribution in [1.29, 1.82) is 0 Å². The molecule has 0 aliphatic carbocycles. The molecule has 1 atom stereocenters. The first-order valence-electron chi connectivity index (χ1n) is 8.29. The van der Waals surface area contributed by atoms with Gasteiger partial charge in [0.05, 0.1) is 11.9 Å². The first kappa shape index (κ1) is 19.8. The second-order valence-corrected chi connectivity index (χ2v) is 8.06. The Morgan fingerprint density at radius 2 is 1.88 bits per heavy atom. The van der Waals surface area contributed by atoms with Gasteiger partial charge in [-0.3, -0.25) is 9.10 Å². The third kappa shape index (κ3) is 4.98. The summed E-state index contributed by atoms with van der Waals surface area (Å²) >= 11 is 0. The summed E-state index contributed by atoms with van der Waals surface area (Å²) in [6, 6.07) is 14.2. The van der Waals surface area contributed by atoms with Crippen molar-refractivity contribution in [3.05, 3.63) is 54.1 Å². The van der Waals surface area contributed by atoms with Crippen molar-refractivity contribution < 1.29 is 17.9 Å². The third-order valence-electron chi connectivity index (χ3n) is 4.00.